The van der Waals surface area contributed by atoms with Crippen LogP contribution in [0.5, 0.6) is 5.75 Å². The van der Waals surface area contributed by atoms with Crippen molar-refractivity contribution in [1.82, 2.24) is 0 Å². The average molecular weight is 400 g/mol. The smallest absolute Gasteiger partial charge is 0.137 e. The van der Waals surface area contributed by atoms with E-state index in [2.05, 4.69) is 5.16 Å². The number of hydrogen-bond donors (Lipinski definition) is 1. The molecule has 2 aromatic carbocycles. The van der Waals surface area contributed by atoms with Crippen molar-refractivity contribution in [2.45, 2.75) is 26.7 Å². The van der Waals surface area contributed by atoms with E-state index < -0.39 is 11.6 Å². The van der Waals surface area contributed by atoms with Gasteiger partial charge in [-0.2, -0.15) is 0 Å². The lowest BCUT2D eigenvalue weighted by Gasteiger charge is -2.09. The molecule has 2 rings (SSSR count). The van der Waals surface area contributed by atoms with Crippen LogP contribution in [0.25, 0.3) is 0 Å². The fourth-order valence-electron chi connectivity index (χ4n) is 2.20. The molecular formula is C20H24ClF2NO3. The zero-order valence-electron chi connectivity index (χ0n) is 15.4. The van der Waals surface area contributed by atoms with Gasteiger partial charge in [-0.1, -0.05) is 17.7 Å². The summed E-state index contributed by atoms with van der Waals surface area (Å²) >= 11 is 6.11. The van der Waals surface area contributed by atoms with Gasteiger partial charge in [0.1, 0.15) is 17.4 Å². The second-order valence-electron chi connectivity index (χ2n) is 5.44. The van der Waals surface area contributed by atoms with Gasteiger partial charge in [0.25, 0.3) is 0 Å². The minimum atomic E-state index is -0.605. The van der Waals surface area contributed by atoms with Crippen LogP contribution in [-0.2, 0) is 11.2 Å². The zero-order chi connectivity index (χ0) is 20.1. The van der Waals surface area contributed by atoms with Gasteiger partial charge in [0.15, 0.2) is 0 Å². The maximum Gasteiger partial charge on any atom is 0.137 e. The lowest BCUT2D eigenvalue weighted by Crippen LogP contribution is -1.99. The Kier molecular flexibility index (Phi) is 11.1. The van der Waals surface area contributed by atoms with Crippen LogP contribution in [0, 0.1) is 11.6 Å². The largest absolute Gasteiger partial charge is 0.492 e. The van der Waals surface area contributed by atoms with Gasteiger partial charge in [-0.15, -0.1) is 5.16 Å². The molecule has 0 aliphatic rings. The summed E-state index contributed by atoms with van der Waals surface area (Å²) in [5.41, 5.74) is 1.35. The monoisotopic (exact) mass is 399 g/mol. The van der Waals surface area contributed by atoms with E-state index >= 15 is 0 Å². The third-order valence-corrected chi connectivity index (χ3v) is 3.62. The van der Waals surface area contributed by atoms with Gasteiger partial charge >= 0.3 is 0 Å². The maximum absolute atomic E-state index is 13.2. The van der Waals surface area contributed by atoms with Crippen LogP contribution in [0.15, 0.2) is 41.6 Å². The highest BCUT2D eigenvalue weighted by molar-refractivity contribution is 6.32. The molecule has 0 aromatic heterocycles. The molecule has 7 heteroatoms. The molecule has 0 bridgehead atoms. The number of oxime groups is 1. The van der Waals surface area contributed by atoms with E-state index in [9.17, 15) is 8.78 Å². The summed E-state index contributed by atoms with van der Waals surface area (Å²) in [6.07, 6.45) is 2.14. The number of ether oxygens (including phenoxy) is 2. The molecule has 0 unspecified atom stereocenters. The van der Waals surface area contributed by atoms with E-state index in [1.165, 1.54) is 18.3 Å². The SMILES string of the molecule is CCOCC.O/N=C\CCOc1ccc(Cc2cc(F)cc(F)c2)cc1Cl. The van der Waals surface area contributed by atoms with Gasteiger partial charge in [0, 0.05) is 31.9 Å². The Balaban J connectivity index is 0.000000646. The summed E-state index contributed by atoms with van der Waals surface area (Å²) in [6.45, 7) is 6.00. The number of hydrogen-bond acceptors (Lipinski definition) is 4. The van der Waals surface area contributed by atoms with E-state index in [-0.39, 0.29) is 0 Å². The topological polar surface area (TPSA) is 51.0 Å². The predicted octanol–water partition coefficient (Wildman–Crippen LogP) is 5.48. The van der Waals surface area contributed by atoms with E-state index in [0.29, 0.717) is 35.8 Å². The lowest BCUT2D eigenvalue weighted by atomic mass is 10.0. The third-order valence-electron chi connectivity index (χ3n) is 3.32. The minimum Gasteiger partial charge on any atom is -0.492 e. The number of halogens is 3. The van der Waals surface area contributed by atoms with Crippen molar-refractivity contribution in [3.05, 3.63) is 64.2 Å². The van der Waals surface area contributed by atoms with Gasteiger partial charge in [0.2, 0.25) is 0 Å². The quantitative estimate of drug-likeness (QED) is 0.277. The van der Waals surface area contributed by atoms with Crippen molar-refractivity contribution in [2.75, 3.05) is 19.8 Å². The molecule has 0 amide bonds. The molecular weight excluding hydrogens is 376 g/mol. The molecule has 0 fully saturated rings. The minimum absolute atomic E-state index is 0.332. The number of rotatable bonds is 8. The van der Waals surface area contributed by atoms with Crippen LogP contribution in [0.1, 0.15) is 31.4 Å². The van der Waals surface area contributed by atoms with Crippen molar-refractivity contribution in [3.63, 3.8) is 0 Å². The Morgan fingerprint density at radius 1 is 1.04 bits per heavy atom. The first kappa shape index (κ1) is 22.9. The first-order chi connectivity index (χ1) is 13.0. The molecule has 0 saturated carbocycles. The Morgan fingerprint density at radius 3 is 2.22 bits per heavy atom. The van der Waals surface area contributed by atoms with Gasteiger partial charge in [-0.3, -0.25) is 0 Å². The van der Waals surface area contributed by atoms with Crippen molar-refractivity contribution in [3.8, 4) is 5.75 Å². The second kappa shape index (κ2) is 13.1. The summed E-state index contributed by atoms with van der Waals surface area (Å²) < 4.78 is 36.6. The van der Waals surface area contributed by atoms with Crippen molar-refractivity contribution in [1.29, 1.82) is 0 Å². The number of benzene rings is 2. The average Bonchev–Trinajstić information content (AvgIpc) is 2.60. The second-order valence-corrected chi connectivity index (χ2v) is 5.84. The highest BCUT2D eigenvalue weighted by Crippen LogP contribution is 2.26. The summed E-state index contributed by atoms with van der Waals surface area (Å²) in [6, 6.07) is 8.59. The summed E-state index contributed by atoms with van der Waals surface area (Å²) in [4.78, 5) is 0. The van der Waals surface area contributed by atoms with E-state index in [1.54, 1.807) is 18.2 Å². The normalized spacial score (nSPS) is 10.6. The Labute approximate surface area is 163 Å². The van der Waals surface area contributed by atoms with Crippen LogP contribution in [0.3, 0.4) is 0 Å². The van der Waals surface area contributed by atoms with E-state index in [1.807, 2.05) is 13.8 Å². The fraction of sp³-hybridized carbons (Fsp3) is 0.350. The molecule has 0 radical (unpaired) electrons. The molecule has 0 atom stereocenters. The zero-order valence-corrected chi connectivity index (χ0v) is 16.2. The van der Waals surface area contributed by atoms with Gasteiger partial charge in [-0.05, 0) is 55.7 Å². The van der Waals surface area contributed by atoms with Gasteiger partial charge in [-0.25, -0.2) is 8.78 Å². The first-order valence-electron chi connectivity index (χ1n) is 8.59. The molecule has 0 heterocycles. The van der Waals surface area contributed by atoms with Crippen LogP contribution in [-0.4, -0.2) is 31.2 Å². The third kappa shape index (κ3) is 9.35. The molecule has 0 aliphatic carbocycles. The van der Waals surface area contributed by atoms with E-state index in [0.717, 1.165) is 24.8 Å². The molecule has 2 aromatic rings. The van der Waals surface area contributed by atoms with Crippen molar-refractivity contribution in [2.24, 2.45) is 5.16 Å². The summed E-state index contributed by atoms with van der Waals surface area (Å²) in [5, 5.41) is 11.5. The predicted molar refractivity (Wildman–Crippen MR) is 103 cm³/mol. The lowest BCUT2D eigenvalue weighted by molar-refractivity contribution is 0.162. The Morgan fingerprint density at radius 2 is 1.70 bits per heavy atom. The highest BCUT2D eigenvalue weighted by atomic mass is 35.5. The molecule has 0 saturated heterocycles. The van der Waals surface area contributed by atoms with Crippen LogP contribution >= 0.6 is 11.6 Å². The molecule has 0 spiro atoms. The first-order valence-corrected chi connectivity index (χ1v) is 8.97. The van der Waals surface area contributed by atoms with Crippen molar-refractivity contribution >= 4 is 17.8 Å². The highest BCUT2D eigenvalue weighted by Gasteiger charge is 2.06. The Bertz CT molecular complexity index is 704. The van der Waals surface area contributed by atoms with Crippen LogP contribution in [0.4, 0.5) is 8.78 Å². The van der Waals surface area contributed by atoms with Crippen LogP contribution in [0.2, 0.25) is 5.02 Å². The van der Waals surface area contributed by atoms with E-state index in [4.69, 9.17) is 26.3 Å². The van der Waals surface area contributed by atoms with Gasteiger partial charge in [0.05, 0.1) is 11.6 Å². The standard InChI is InChI=1S/C16H14ClF2NO2.C4H10O/c17-15-9-11(2-3-16(15)22-5-1-4-20-21)6-12-7-13(18)10-14(19)8-12;1-3-5-4-2/h2-4,7-10,21H,1,5-6H2;3-4H2,1-2H3/b20-4-;. The summed E-state index contributed by atoms with van der Waals surface area (Å²) in [5.74, 6) is -0.708. The molecule has 1 N–H and O–H groups in total. The Hall–Kier alpha value is -2.18. The molecule has 4 nitrogen and oxygen atoms in total. The molecule has 0 aliphatic heterocycles. The number of nitrogens with zero attached hydrogens (tertiary/aromatic N) is 1. The van der Waals surface area contributed by atoms with Gasteiger partial charge < -0.3 is 14.7 Å². The molecule has 27 heavy (non-hydrogen) atoms. The fourth-order valence-corrected chi connectivity index (χ4v) is 2.46. The maximum atomic E-state index is 13.2. The molecule has 148 valence electrons. The van der Waals surface area contributed by atoms with Crippen LogP contribution < -0.4 is 4.74 Å². The van der Waals surface area contributed by atoms with Crippen molar-refractivity contribution < 1.29 is 23.5 Å². The summed E-state index contributed by atoms with van der Waals surface area (Å²) in [7, 11) is 0.